The van der Waals surface area contributed by atoms with Gasteiger partial charge >= 0.3 is 0 Å². The number of rotatable bonds is 5. The standard InChI is InChI=1S/C17H16BrFN2O2/c18-13-5-8-16(22)20(10-13)11-17(23)21(14-6-7-14)9-12-3-1-2-4-15(12)19/h1-5,8,10,14H,6-7,9,11H2. The van der Waals surface area contributed by atoms with Gasteiger partial charge in [0, 0.05) is 34.9 Å². The number of aromatic nitrogens is 1. The van der Waals surface area contributed by atoms with Crippen LogP contribution in [0, 0.1) is 5.82 Å². The highest BCUT2D eigenvalue weighted by Crippen LogP contribution is 2.29. The van der Waals surface area contributed by atoms with E-state index in [1.807, 2.05) is 0 Å². The molecule has 0 bridgehead atoms. The zero-order valence-electron chi connectivity index (χ0n) is 12.4. The van der Waals surface area contributed by atoms with Crippen molar-refractivity contribution in [2.45, 2.75) is 32.0 Å². The number of carbonyl (C=O) groups excluding carboxylic acids is 1. The molecule has 1 aliphatic carbocycles. The van der Waals surface area contributed by atoms with E-state index in [1.54, 1.807) is 35.4 Å². The fraction of sp³-hybridized carbons (Fsp3) is 0.294. The van der Waals surface area contributed by atoms with Crippen LogP contribution in [0.4, 0.5) is 4.39 Å². The summed E-state index contributed by atoms with van der Waals surface area (Å²) in [5.74, 6) is -0.485. The molecule has 3 rings (SSSR count). The van der Waals surface area contributed by atoms with Gasteiger partial charge in [-0.2, -0.15) is 0 Å². The zero-order valence-corrected chi connectivity index (χ0v) is 14.0. The Bertz CT molecular complexity index is 786. The van der Waals surface area contributed by atoms with Crippen LogP contribution in [0.3, 0.4) is 0 Å². The minimum absolute atomic E-state index is 0.0385. The predicted octanol–water partition coefficient (Wildman–Crippen LogP) is 2.94. The highest BCUT2D eigenvalue weighted by Gasteiger charge is 2.33. The molecule has 1 saturated carbocycles. The molecule has 1 aromatic carbocycles. The normalized spacial score (nSPS) is 13.8. The molecular weight excluding hydrogens is 363 g/mol. The van der Waals surface area contributed by atoms with Crippen molar-refractivity contribution < 1.29 is 9.18 Å². The van der Waals surface area contributed by atoms with E-state index in [1.165, 1.54) is 16.7 Å². The maximum Gasteiger partial charge on any atom is 0.251 e. The summed E-state index contributed by atoms with van der Waals surface area (Å²) in [6.45, 7) is 0.197. The van der Waals surface area contributed by atoms with Crippen LogP contribution in [0.1, 0.15) is 18.4 Å². The van der Waals surface area contributed by atoms with Crippen LogP contribution in [0.25, 0.3) is 0 Å². The van der Waals surface area contributed by atoms with Gasteiger partial charge in [0.25, 0.3) is 5.56 Å². The Labute approximate surface area is 141 Å². The van der Waals surface area contributed by atoms with Crippen LogP contribution in [0.15, 0.2) is 51.9 Å². The lowest BCUT2D eigenvalue weighted by molar-refractivity contribution is -0.133. The highest BCUT2D eigenvalue weighted by molar-refractivity contribution is 9.10. The van der Waals surface area contributed by atoms with Crippen molar-refractivity contribution in [2.24, 2.45) is 0 Å². The number of hydrogen-bond donors (Lipinski definition) is 0. The first kappa shape index (κ1) is 15.9. The minimum atomic E-state index is -0.314. The number of hydrogen-bond acceptors (Lipinski definition) is 2. The number of nitrogens with zero attached hydrogens (tertiary/aromatic N) is 2. The summed E-state index contributed by atoms with van der Waals surface area (Å²) in [5, 5.41) is 0. The van der Waals surface area contributed by atoms with Gasteiger partial charge in [0.05, 0.1) is 0 Å². The van der Waals surface area contributed by atoms with Gasteiger partial charge < -0.3 is 9.47 Å². The molecule has 0 N–H and O–H groups in total. The second-order valence-electron chi connectivity index (χ2n) is 5.66. The van der Waals surface area contributed by atoms with E-state index in [-0.39, 0.29) is 36.4 Å². The summed E-state index contributed by atoms with van der Waals surface area (Å²) in [6, 6.07) is 9.66. The van der Waals surface area contributed by atoms with E-state index in [9.17, 15) is 14.0 Å². The molecule has 0 saturated heterocycles. The van der Waals surface area contributed by atoms with Crippen LogP contribution in [-0.4, -0.2) is 21.4 Å². The molecular formula is C17H16BrFN2O2. The van der Waals surface area contributed by atoms with Crippen molar-refractivity contribution in [3.05, 3.63) is 68.8 Å². The van der Waals surface area contributed by atoms with Crippen LogP contribution in [-0.2, 0) is 17.9 Å². The van der Waals surface area contributed by atoms with Gasteiger partial charge in [0.2, 0.25) is 5.91 Å². The van der Waals surface area contributed by atoms with E-state index in [0.717, 1.165) is 17.3 Å². The van der Waals surface area contributed by atoms with Crippen molar-refractivity contribution in [2.75, 3.05) is 0 Å². The van der Waals surface area contributed by atoms with E-state index in [2.05, 4.69) is 15.9 Å². The molecule has 6 heteroatoms. The Morgan fingerprint density at radius 2 is 2.00 bits per heavy atom. The molecule has 0 unspecified atom stereocenters. The Hall–Kier alpha value is -1.95. The van der Waals surface area contributed by atoms with Gasteiger partial charge in [0.1, 0.15) is 12.4 Å². The molecule has 1 aliphatic rings. The SMILES string of the molecule is O=C(Cn1cc(Br)ccc1=O)N(Cc1ccccc1F)C1CC1. The largest absolute Gasteiger partial charge is 0.334 e. The maximum atomic E-state index is 13.8. The molecule has 120 valence electrons. The summed E-state index contributed by atoms with van der Waals surface area (Å²) in [7, 11) is 0. The third-order valence-electron chi connectivity index (χ3n) is 3.86. The molecule has 23 heavy (non-hydrogen) atoms. The van der Waals surface area contributed by atoms with Crippen molar-refractivity contribution in [1.29, 1.82) is 0 Å². The number of pyridine rings is 1. The lowest BCUT2D eigenvalue weighted by Crippen LogP contribution is -2.37. The average molecular weight is 379 g/mol. The fourth-order valence-electron chi connectivity index (χ4n) is 2.48. The summed E-state index contributed by atoms with van der Waals surface area (Å²) in [4.78, 5) is 26.1. The molecule has 1 fully saturated rings. The zero-order chi connectivity index (χ0) is 16.4. The second kappa shape index (κ2) is 6.66. The molecule has 0 spiro atoms. The molecule has 1 amide bonds. The van der Waals surface area contributed by atoms with Gasteiger partial charge in [-0.05, 0) is 40.9 Å². The van der Waals surface area contributed by atoms with E-state index in [4.69, 9.17) is 0 Å². The Morgan fingerprint density at radius 1 is 1.26 bits per heavy atom. The van der Waals surface area contributed by atoms with Gasteiger partial charge in [-0.3, -0.25) is 9.59 Å². The molecule has 0 radical (unpaired) electrons. The third kappa shape index (κ3) is 3.88. The quantitative estimate of drug-likeness (QED) is 0.802. The number of benzene rings is 1. The predicted molar refractivity (Wildman–Crippen MR) is 88.4 cm³/mol. The number of carbonyl (C=O) groups is 1. The summed E-state index contributed by atoms with van der Waals surface area (Å²) >= 11 is 3.29. The van der Waals surface area contributed by atoms with Crippen LogP contribution in [0.5, 0.6) is 0 Å². The Morgan fingerprint density at radius 3 is 2.70 bits per heavy atom. The van der Waals surface area contributed by atoms with Gasteiger partial charge in [-0.1, -0.05) is 18.2 Å². The van der Waals surface area contributed by atoms with E-state index >= 15 is 0 Å². The van der Waals surface area contributed by atoms with Crippen molar-refractivity contribution in [3.63, 3.8) is 0 Å². The first-order chi connectivity index (χ1) is 11.0. The molecule has 0 aliphatic heterocycles. The molecule has 2 aromatic rings. The summed E-state index contributed by atoms with van der Waals surface area (Å²) in [6.07, 6.45) is 3.44. The second-order valence-corrected chi connectivity index (χ2v) is 6.57. The maximum absolute atomic E-state index is 13.8. The van der Waals surface area contributed by atoms with Crippen LogP contribution in [0.2, 0.25) is 0 Å². The van der Waals surface area contributed by atoms with Crippen molar-refractivity contribution >= 4 is 21.8 Å². The topological polar surface area (TPSA) is 42.3 Å². The monoisotopic (exact) mass is 378 g/mol. The fourth-order valence-corrected chi connectivity index (χ4v) is 2.86. The average Bonchev–Trinajstić information content (AvgIpc) is 3.34. The lowest BCUT2D eigenvalue weighted by atomic mass is 10.2. The van der Waals surface area contributed by atoms with Crippen molar-refractivity contribution in [1.82, 2.24) is 9.47 Å². The van der Waals surface area contributed by atoms with Gasteiger partial charge in [-0.15, -0.1) is 0 Å². The lowest BCUT2D eigenvalue weighted by Gasteiger charge is -2.23. The molecule has 0 atom stereocenters. The first-order valence-electron chi connectivity index (χ1n) is 7.43. The third-order valence-corrected chi connectivity index (χ3v) is 4.33. The summed E-state index contributed by atoms with van der Waals surface area (Å²) in [5.41, 5.74) is 0.262. The van der Waals surface area contributed by atoms with E-state index in [0.29, 0.717) is 5.56 Å². The molecule has 4 nitrogen and oxygen atoms in total. The van der Waals surface area contributed by atoms with Crippen LogP contribution < -0.4 is 5.56 Å². The van der Waals surface area contributed by atoms with Crippen LogP contribution >= 0.6 is 15.9 Å². The number of amides is 1. The van der Waals surface area contributed by atoms with Gasteiger partial charge in [-0.25, -0.2) is 4.39 Å². The highest BCUT2D eigenvalue weighted by atomic mass is 79.9. The summed E-state index contributed by atoms with van der Waals surface area (Å²) < 4.78 is 15.9. The van der Waals surface area contributed by atoms with Crippen molar-refractivity contribution in [3.8, 4) is 0 Å². The molecule has 1 aromatic heterocycles. The number of halogens is 2. The van der Waals surface area contributed by atoms with Gasteiger partial charge in [0.15, 0.2) is 0 Å². The minimum Gasteiger partial charge on any atom is -0.334 e. The first-order valence-corrected chi connectivity index (χ1v) is 8.23. The van der Waals surface area contributed by atoms with E-state index < -0.39 is 0 Å². The Balaban J connectivity index is 1.78. The smallest absolute Gasteiger partial charge is 0.251 e. The molecule has 1 heterocycles. The Kier molecular flexibility index (Phi) is 4.61.